The highest BCUT2D eigenvalue weighted by molar-refractivity contribution is 6.31. The van der Waals surface area contributed by atoms with Gasteiger partial charge in [-0.2, -0.15) is 0 Å². The highest BCUT2D eigenvalue weighted by Gasteiger charge is 2.17. The average molecular weight is 408 g/mol. The van der Waals surface area contributed by atoms with Crippen LogP contribution >= 0.6 is 11.6 Å². The van der Waals surface area contributed by atoms with E-state index < -0.39 is 5.97 Å². The zero-order chi connectivity index (χ0) is 20.4. The zero-order valence-corrected chi connectivity index (χ0v) is 16.9. The van der Waals surface area contributed by atoms with Crippen molar-refractivity contribution < 1.29 is 19.1 Å². The minimum Gasteiger partial charge on any atom is -0.465 e. The number of amides is 2. The third-order valence-corrected chi connectivity index (χ3v) is 4.49. The van der Waals surface area contributed by atoms with E-state index in [2.05, 4.69) is 5.32 Å². The topological polar surface area (TPSA) is 72.8 Å². The molecule has 0 aliphatic rings. The number of rotatable bonds is 10. The smallest absolute Gasteiger partial charge is 0.325 e. The van der Waals surface area contributed by atoms with Gasteiger partial charge in [0.15, 0.2) is 0 Å². The second-order valence-electron chi connectivity index (χ2n) is 6.10. The predicted octanol–water partition coefficient (Wildman–Crippen LogP) is 2.91. The Labute approximate surface area is 170 Å². The summed E-state index contributed by atoms with van der Waals surface area (Å²) in [5.74, 6) is -0.468. The van der Waals surface area contributed by atoms with Gasteiger partial charge in [-0.1, -0.05) is 29.8 Å². The maximum atomic E-state index is 12.5. The molecule has 0 bridgehead atoms. The molecule has 1 heterocycles. The van der Waals surface area contributed by atoms with E-state index in [1.807, 2.05) is 47.2 Å². The minimum atomic E-state index is -0.468. The number of nitrogens with one attached hydrogen (secondary N) is 1. The summed E-state index contributed by atoms with van der Waals surface area (Å²) in [5.41, 5.74) is 1.94. The summed E-state index contributed by atoms with van der Waals surface area (Å²) < 4.78 is 12.0. The molecule has 0 aliphatic carbocycles. The van der Waals surface area contributed by atoms with Crippen LogP contribution in [0.15, 0.2) is 42.6 Å². The van der Waals surface area contributed by atoms with Crippen LogP contribution in [0.2, 0.25) is 5.02 Å². The minimum absolute atomic E-state index is 0.170. The monoisotopic (exact) mass is 407 g/mol. The van der Waals surface area contributed by atoms with E-state index in [1.165, 1.54) is 0 Å². The van der Waals surface area contributed by atoms with E-state index in [0.717, 1.165) is 11.3 Å². The Morgan fingerprint density at radius 3 is 2.71 bits per heavy atom. The SMILES string of the molecule is CCOC(=O)CNC(=O)N(CCOC)Cc1cccn1Cc1ccccc1Cl. The van der Waals surface area contributed by atoms with Crippen LogP contribution in [0.25, 0.3) is 0 Å². The molecule has 2 rings (SSSR count). The van der Waals surface area contributed by atoms with Crippen molar-refractivity contribution in [2.24, 2.45) is 0 Å². The van der Waals surface area contributed by atoms with Gasteiger partial charge in [0.1, 0.15) is 6.54 Å². The van der Waals surface area contributed by atoms with Crippen LogP contribution in [0.3, 0.4) is 0 Å². The van der Waals surface area contributed by atoms with Crippen molar-refractivity contribution in [3.63, 3.8) is 0 Å². The predicted molar refractivity (Wildman–Crippen MR) is 107 cm³/mol. The van der Waals surface area contributed by atoms with Crippen LogP contribution < -0.4 is 5.32 Å². The summed E-state index contributed by atoms with van der Waals surface area (Å²) in [7, 11) is 1.58. The number of aromatic nitrogens is 1. The van der Waals surface area contributed by atoms with Gasteiger partial charge >= 0.3 is 12.0 Å². The first-order valence-electron chi connectivity index (χ1n) is 9.10. The molecule has 0 unspecified atom stereocenters. The molecule has 0 spiro atoms. The van der Waals surface area contributed by atoms with Gasteiger partial charge in [-0.05, 0) is 30.7 Å². The third kappa shape index (κ3) is 6.58. The summed E-state index contributed by atoms with van der Waals surface area (Å²) in [6.45, 7) is 3.58. The van der Waals surface area contributed by atoms with Gasteiger partial charge in [0.25, 0.3) is 0 Å². The van der Waals surface area contributed by atoms with E-state index in [9.17, 15) is 9.59 Å². The average Bonchev–Trinajstić information content (AvgIpc) is 3.12. The van der Waals surface area contributed by atoms with Crippen LogP contribution in [-0.2, 0) is 27.4 Å². The molecule has 2 aromatic rings. The lowest BCUT2D eigenvalue weighted by Crippen LogP contribution is -2.43. The summed E-state index contributed by atoms with van der Waals surface area (Å²) in [6.07, 6.45) is 1.95. The maximum absolute atomic E-state index is 12.5. The van der Waals surface area contributed by atoms with E-state index in [4.69, 9.17) is 21.1 Å². The number of hydrogen-bond acceptors (Lipinski definition) is 4. The Morgan fingerprint density at radius 2 is 2.00 bits per heavy atom. The van der Waals surface area contributed by atoms with Crippen LogP contribution in [0.1, 0.15) is 18.2 Å². The fourth-order valence-corrected chi connectivity index (χ4v) is 2.87. The second-order valence-corrected chi connectivity index (χ2v) is 6.50. The van der Waals surface area contributed by atoms with Crippen molar-refractivity contribution >= 4 is 23.6 Å². The number of methoxy groups -OCH3 is 1. The van der Waals surface area contributed by atoms with Gasteiger partial charge < -0.3 is 24.3 Å². The van der Waals surface area contributed by atoms with Crippen molar-refractivity contribution in [2.45, 2.75) is 20.0 Å². The Hall–Kier alpha value is -2.51. The number of carbonyl (C=O) groups is 2. The van der Waals surface area contributed by atoms with Crippen molar-refractivity contribution in [1.82, 2.24) is 14.8 Å². The molecule has 2 amide bonds. The Morgan fingerprint density at radius 1 is 1.21 bits per heavy atom. The van der Waals surface area contributed by atoms with E-state index in [-0.39, 0.29) is 19.2 Å². The van der Waals surface area contributed by atoms with Crippen molar-refractivity contribution in [2.75, 3.05) is 33.4 Å². The Balaban J connectivity index is 2.06. The summed E-state index contributed by atoms with van der Waals surface area (Å²) in [6, 6.07) is 11.2. The number of urea groups is 1. The summed E-state index contributed by atoms with van der Waals surface area (Å²) >= 11 is 6.27. The maximum Gasteiger partial charge on any atom is 0.325 e. The largest absolute Gasteiger partial charge is 0.465 e. The van der Waals surface area contributed by atoms with Crippen molar-refractivity contribution in [3.8, 4) is 0 Å². The molecule has 8 heteroatoms. The van der Waals surface area contributed by atoms with Crippen molar-refractivity contribution in [1.29, 1.82) is 0 Å². The molecule has 7 nitrogen and oxygen atoms in total. The standard InChI is InChI=1S/C20H26ClN3O4/c1-3-28-19(25)13-22-20(26)24(11-12-27-2)15-17-8-6-10-23(17)14-16-7-4-5-9-18(16)21/h4-10H,3,11-15H2,1-2H3,(H,22,26). The van der Waals surface area contributed by atoms with Crippen LogP contribution in [0, 0.1) is 0 Å². The van der Waals surface area contributed by atoms with Gasteiger partial charge in [-0.25, -0.2) is 4.79 Å². The first-order chi connectivity index (χ1) is 13.5. The highest BCUT2D eigenvalue weighted by Crippen LogP contribution is 2.18. The highest BCUT2D eigenvalue weighted by atomic mass is 35.5. The van der Waals surface area contributed by atoms with Gasteiger partial charge in [-0.3, -0.25) is 4.79 Å². The number of carbonyl (C=O) groups excluding carboxylic acids is 2. The van der Waals surface area contributed by atoms with Crippen LogP contribution in [0.4, 0.5) is 4.79 Å². The fraction of sp³-hybridized carbons (Fsp3) is 0.400. The normalized spacial score (nSPS) is 10.5. The molecule has 0 aliphatic heterocycles. The molecule has 0 saturated carbocycles. The first kappa shape index (κ1) is 21.8. The molecule has 0 radical (unpaired) electrons. The molecule has 152 valence electrons. The quantitative estimate of drug-likeness (QED) is 0.614. The molecule has 1 aromatic heterocycles. The number of benzene rings is 1. The van der Waals surface area contributed by atoms with Gasteiger partial charge in [0.2, 0.25) is 0 Å². The van der Waals surface area contributed by atoms with Gasteiger partial charge in [0, 0.05) is 37.1 Å². The number of ether oxygens (including phenoxy) is 2. The van der Waals surface area contributed by atoms with Gasteiger partial charge in [0.05, 0.1) is 19.8 Å². The molecule has 0 atom stereocenters. The molecule has 1 N–H and O–H groups in total. The van der Waals surface area contributed by atoms with E-state index in [1.54, 1.807) is 18.9 Å². The van der Waals surface area contributed by atoms with E-state index >= 15 is 0 Å². The molecule has 0 saturated heterocycles. The Bertz CT molecular complexity index is 778. The molecular weight excluding hydrogens is 382 g/mol. The summed E-state index contributed by atoms with van der Waals surface area (Å²) in [5, 5.41) is 3.29. The lowest BCUT2D eigenvalue weighted by atomic mass is 10.2. The first-order valence-corrected chi connectivity index (χ1v) is 9.47. The second kappa shape index (κ2) is 11.4. The number of hydrogen-bond donors (Lipinski definition) is 1. The third-order valence-electron chi connectivity index (χ3n) is 4.12. The fourth-order valence-electron chi connectivity index (χ4n) is 2.68. The van der Waals surface area contributed by atoms with Crippen LogP contribution in [-0.4, -0.2) is 54.9 Å². The number of halogens is 1. The number of esters is 1. The van der Waals surface area contributed by atoms with Crippen molar-refractivity contribution in [3.05, 3.63) is 58.9 Å². The van der Waals surface area contributed by atoms with E-state index in [0.29, 0.717) is 31.3 Å². The lowest BCUT2D eigenvalue weighted by molar-refractivity contribution is -0.141. The molecule has 28 heavy (non-hydrogen) atoms. The molecular formula is C20H26ClN3O4. The van der Waals surface area contributed by atoms with Gasteiger partial charge in [-0.15, -0.1) is 0 Å². The van der Waals surface area contributed by atoms with Crippen LogP contribution in [0.5, 0.6) is 0 Å². The number of nitrogens with zero attached hydrogens (tertiary/aromatic N) is 2. The lowest BCUT2D eigenvalue weighted by Gasteiger charge is -2.23. The zero-order valence-electron chi connectivity index (χ0n) is 16.2. The molecule has 0 fully saturated rings. The molecule has 1 aromatic carbocycles. The Kier molecular flexibility index (Phi) is 8.84. The summed E-state index contributed by atoms with van der Waals surface area (Å²) in [4.78, 5) is 25.6.